The van der Waals surface area contributed by atoms with Crippen LogP contribution in [-0.2, 0) is 0 Å². The fourth-order valence-electron chi connectivity index (χ4n) is 1.22. The van der Waals surface area contributed by atoms with Crippen molar-refractivity contribution in [3.05, 3.63) is 48.2 Å². The van der Waals surface area contributed by atoms with Crippen LogP contribution in [0.15, 0.2) is 42.6 Å². The fourth-order valence-corrected chi connectivity index (χ4v) is 1.60. The molecule has 0 aromatic carbocycles. The molecular formula is C10H12N3OP. The molecule has 78 valence electrons. The number of fused-ring (bicyclic) bond motifs is 1. The predicted octanol–water partition coefficient (Wildman–Crippen LogP) is 0.413. The largest absolute Gasteiger partial charge is 0.336 e. The maximum Gasteiger partial charge on any atom is 0.277 e. The number of hydrogen-bond donors (Lipinski definition) is 1. The van der Waals surface area contributed by atoms with Crippen LogP contribution in [0.1, 0.15) is 0 Å². The Kier molecular flexibility index (Phi) is 3.58. The highest BCUT2D eigenvalue weighted by Crippen LogP contribution is 2.05. The lowest BCUT2D eigenvalue weighted by molar-refractivity contribution is 0.953. The van der Waals surface area contributed by atoms with Gasteiger partial charge in [-0.3, -0.25) is 9.78 Å². The molecular weight excluding hydrogens is 209 g/mol. The van der Waals surface area contributed by atoms with E-state index in [-0.39, 0.29) is 5.56 Å². The van der Waals surface area contributed by atoms with Gasteiger partial charge in [0, 0.05) is 29.3 Å². The Bertz CT molecular complexity index is 536. The lowest BCUT2D eigenvalue weighted by Crippen LogP contribution is -2.28. The van der Waals surface area contributed by atoms with E-state index in [1.165, 1.54) is 6.20 Å². The number of rotatable bonds is 0. The molecule has 15 heavy (non-hydrogen) atoms. The highest BCUT2D eigenvalue weighted by atomic mass is 31.0. The van der Waals surface area contributed by atoms with Gasteiger partial charge in [-0.05, 0) is 6.07 Å². The van der Waals surface area contributed by atoms with Crippen LogP contribution in [-0.4, -0.2) is 9.66 Å². The van der Waals surface area contributed by atoms with Crippen molar-refractivity contribution in [1.29, 1.82) is 0 Å². The summed E-state index contributed by atoms with van der Waals surface area (Å²) in [6.07, 6.45) is 4.79. The van der Waals surface area contributed by atoms with Crippen molar-refractivity contribution in [2.75, 3.05) is 5.84 Å². The molecule has 2 heterocycles. The van der Waals surface area contributed by atoms with Gasteiger partial charge in [0.25, 0.3) is 5.56 Å². The lowest BCUT2D eigenvalue weighted by atomic mass is 10.2. The number of nitrogens with zero attached hydrogens (tertiary/aromatic N) is 2. The van der Waals surface area contributed by atoms with Crippen LogP contribution >= 0.6 is 9.24 Å². The van der Waals surface area contributed by atoms with Crippen molar-refractivity contribution in [2.24, 2.45) is 0 Å². The summed E-state index contributed by atoms with van der Waals surface area (Å²) in [5, 5.41) is 2.17. The third kappa shape index (κ3) is 2.05. The highest BCUT2D eigenvalue weighted by Gasteiger charge is 2.03. The molecule has 1 atom stereocenters. The van der Waals surface area contributed by atoms with E-state index in [1.807, 2.05) is 0 Å². The van der Waals surface area contributed by atoms with Crippen LogP contribution < -0.4 is 16.7 Å². The third-order valence-corrected chi connectivity index (χ3v) is 2.31. The molecule has 0 saturated heterocycles. The Hall–Kier alpha value is -1.67. The summed E-state index contributed by atoms with van der Waals surface area (Å²) in [6, 6.07) is 1.76. The zero-order valence-corrected chi connectivity index (χ0v) is 9.34. The minimum atomic E-state index is -0.204. The predicted molar refractivity (Wildman–Crippen MR) is 66.8 cm³/mol. The normalized spacial score (nSPS) is 9.40. The van der Waals surface area contributed by atoms with Gasteiger partial charge in [-0.1, -0.05) is 0 Å². The van der Waals surface area contributed by atoms with E-state index in [0.717, 1.165) is 15.4 Å². The Balaban J connectivity index is 0.000000531. The first-order valence-electron chi connectivity index (χ1n) is 4.20. The van der Waals surface area contributed by atoms with Gasteiger partial charge < -0.3 is 5.84 Å². The van der Waals surface area contributed by atoms with Crippen molar-refractivity contribution >= 4 is 25.3 Å². The average Bonchev–Trinajstić information content (AvgIpc) is 2.26. The molecule has 2 aromatic heterocycles. The van der Waals surface area contributed by atoms with Crippen molar-refractivity contribution in [3.8, 4) is 0 Å². The van der Waals surface area contributed by atoms with Crippen LogP contribution in [0, 0.1) is 0 Å². The Morgan fingerprint density at radius 1 is 1.40 bits per heavy atom. The second-order valence-corrected chi connectivity index (χ2v) is 3.34. The minimum absolute atomic E-state index is 0.204. The van der Waals surface area contributed by atoms with Crippen molar-refractivity contribution < 1.29 is 0 Å². The highest BCUT2D eigenvalue weighted by molar-refractivity contribution is 7.28. The second-order valence-electron chi connectivity index (χ2n) is 2.72. The summed E-state index contributed by atoms with van der Waals surface area (Å²) < 4.78 is 1.07. The van der Waals surface area contributed by atoms with E-state index >= 15 is 0 Å². The molecule has 4 nitrogen and oxygen atoms in total. The molecule has 0 saturated carbocycles. The first-order chi connectivity index (χ1) is 7.20. The van der Waals surface area contributed by atoms with Gasteiger partial charge in [-0.25, -0.2) is 4.68 Å². The molecule has 5 heteroatoms. The van der Waals surface area contributed by atoms with E-state index in [1.54, 1.807) is 18.5 Å². The van der Waals surface area contributed by atoms with Crippen LogP contribution in [0.2, 0.25) is 0 Å². The fraction of sp³-hybridized carbons (Fsp3) is 0. The molecule has 0 radical (unpaired) electrons. The summed E-state index contributed by atoms with van der Waals surface area (Å²) in [7, 11) is 2.47. The Morgan fingerprint density at radius 3 is 2.73 bits per heavy atom. The van der Waals surface area contributed by atoms with E-state index in [0.29, 0.717) is 5.39 Å². The zero-order valence-electron chi connectivity index (χ0n) is 8.18. The van der Waals surface area contributed by atoms with Gasteiger partial charge in [0.15, 0.2) is 0 Å². The van der Waals surface area contributed by atoms with E-state index in [2.05, 4.69) is 27.4 Å². The topological polar surface area (TPSA) is 60.9 Å². The maximum absolute atomic E-state index is 11.5. The SMILES string of the molecule is C=C.Nn1ccc2cncc(P)c2c1=O. The van der Waals surface area contributed by atoms with Crippen LogP contribution in [0.25, 0.3) is 10.8 Å². The van der Waals surface area contributed by atoms with E-state index in [9.17, 15) is 4.79 Å². The number of pyridine rings is 2. The lowest BCUT2D eigenvalue weighted by Gasteiger charge is -2.02. The van der Waals surface area contributed by atoms with Crippen molar-refractivity contribution in [3.63, 3.8) is 0 Å². The summed E-state index contributed by atoms with van der Waals surface area (Å²) >= 11 is 0. The first-order valence-corrected chi connectivity index (χ1v) is 4.78. The number of nitrogen functional groups attached to an aromatic ring is 1. The molecule has 1 unspecified atom stereocenters. The number of aromatic nitrogens is 2. The minimum Gasteiger partial charge on any atom is -0.336 e. The smallest absolute Gasteiger partial charge is 0.277 e. The molecule has 0 amide bonds. The zero-order chi connectivity index (χ0) is 11.4. The molecule has 2 rings (SSSR count). The van der Waals surface area contributed by atoms with Gasteiger partial charge in [0.2, 0.25) is 0 Å². The standard InChI is InChI=1S/C8H8N3OP.C2H4/c9-11-2-1-5-3-10-4-6(13)7(5)8(11)12;1-2/h1-4H,9,13H2;1-2H2. The van der Waals surface area contributed by atoms with E-state index < -0.39 is 0 Å². The van der Waals surface area contributed by atoms with Gasteiger partial charge >= 0.3 is 0 Å². The molecule has 0 spiro atoms. The summed E-state index contributed by atoms with van der Waals surface area (Å²) in [4.78, 5) is 15.5. The molecule has 0 aliphatic carbocycles. The Morgan fingerprint density at radius 2 is 2.07 bits per heavy atom. The van der Waals surface area contributed by atoms with Gasteiger partial charge in [-0.15, -0.1) is 22.4 Å². The van der Waals surface area contributed by atoms with Crippen molar-refractivity contribution in [1.82, 2.24) is 9.66 Å². The van der Waals surface area contributed by atoms with Crippen LogP contribution in [0.3, 0.4) is 0 Å². The third-order valence-electron chi connectivity index (χ3n) is 1.87. The molecule has 0 fully saturated rings. The first kappa shape index (κ1) is 11.4. The number of hydrogen-bond acceptors (Lipinski definition) is 3. The summed E-state index contributed by atoms with van der Waals surface area (Å²) in [6.45, 7) is 6.00. The van der Waals surface area contributed by atoms with Crippen LogP contribution in [0.5, 0.6) is 0 Å². The van der Waals surface area contributed by atoms with E-state index in [4.69, 9.17) is 5.84 Å². The molecule has 2 N–H and O–H groups in total. The molecule has 0 aliphatic heterocycles. The Labute approximate surface area is 89.6 Å². The van der Waals surface area contributed by atoms with Gasteiger partial charge in [0.05, 0.1) is 5.39 Å². The van der Waals surface area contributed by atoms with Crippen molar-refractivity contribution in [2.45, 2.75) is 0 Å². The summed E-state index contributed by atoms with van der Waals surface area (Å²) in [5.74, 6) is 5.43. The quantitative estimate of drug-likeness (QED) is 0.398. The maximum atomic E-state index is 11.5. The summed E-state index contributed by atoms with van der Waals surface area (Å²) in [5.41, 5.74) is -0.204. The van der Waals surface area contributed by atoms with Gasteiger partial charge in [-0.2, -0.15) is 0 Å². The van der Waals surface area contributed by atoms with Crippen LogP contribution in [0.4, 0.5) is 0 Å². The van der Waals surface area contributed by atoms with Gasteiger partial charge in [0.1, 0.15) is 0 Å². The average molecular weight is 221 g/mol. The monoisotopic (exact) mass is 221 g/mol. The molecule has 2 aromatic rings. The second kappa shape index (κ2) is 4.71. The molecule has 0 aliphatic rings. The number of nitrogens with two attached hydrogens (primary N) is 1. The molecule has 0 bridgehead atoms.